The second-order valence-corrected chi connectivity index (χ2v) is 5.32. The number of nitrogens with one attached hydrogen (secondary N) is 3. The average molecular weight is 478 g/mol. The number of nitrogens with zero attached hydrogens (tertiary/aromatic N) is 1. The molecule has 0 saturated heterocycles. The van der Waals surface area contributed by atoms with Crippen LogP contribution in [0.3, 0.4) is 0 Å². The van der Waals surface area contributed by atoms with Crippen molar-refractivity contribution in [3.63, 3.8) is 0 Å². The van der Waals surface area contributed by atoms with Crippen LogP contribution in [0.2, 0.25) is 0 Å². The predicted molar refractivity (Wildman–Crippen MR) is 116 cm³/mol. The van der Waals surface area contributed by atoms with E-state index in [-0.39, 0.29) is 29.9 Å². The average Bonchev–Trinajstić information content (AvgIpc) is 2.64. The zero-order chi connectivity index (χ0) is 18.3. The van der Waals surface area contributed by atoms with Gasteiger partial charge in [0.05, 0.1) is 26.4 Å². The molecule has 0 aliphatic carbocycles. The normalized spacial score (nSPS) is 10.8. The third kappa shape index (κ3) is 10.6. The van der Waals surface area contributed by atoms with Crippen molar-refractivity contribution >= 4 is 35.8 Å². The maximum atomic E-state index is 11.7. The van der Waals surface area contributed by atoms with Crippen LogP contribution in [0.1, 0.15) is 22.8 Å². The van der Waals surface area contributed by atoms with Gasteiger partial charge in [0, 0.05) is 32.8 Å². The van der Waals surface area contributed by atoms with Crippen LogP contribution in [-0.4, -0.2) is 65.5 Å². The summed E-state index contributed by atoms with van der Waals surface area (Å²) in [6.07, 6.45) is 0.805. The molecule has 1 aromatic rings. The molecule has 0 unspecified atom stereocenters. The highest BCUT2D eigenvalue weighted by atomic mass is 127. The van der Waals surface area contributed by atoms with E-state index in [1.54, 1.807) is 14.2 Å². The number of hydrogen-bond acceptors (Lipinski definition) is 4. The molecule has 0 radical (unpaired) electrons. The Morgan fingerprint density at radius 3 is 2.69 bits per heavy atom. The smallest absolute Gasteiger partial charge is 0.251 e. The Bertz CT molecular complexity index is 541. The Hall–Kier alpha value is -1.39. The van der Waals surface area contributed by atoms with Crippen molar-refractivity contribution in [2.75, 3.05) is 53.6 Å². The van der Waals surface area contributed by atoms with Gasteiger partial charge in [-0.1, -0.05) is 12.1 Å². The second-order valence-electron chi connectivity index (χ2n) is 5.32. The van der Waals surface area contributed by atoms with Gasteiger partial charge in [-0.2, -0.15) is 0 Å². The van der Waals surface area contributed by atoms with Gasteiger partial charge >= 0.3 is 0 Å². The predicted octanol–water partition coefficient (Wildman–Crippen LogP) is 1.42. The lowest BCUT2D eigenvalue weighted by Crippen LogP contribution is -2.38. The Morgan fingerprint density at radius 2 is 2.00 bits per heavy atom. The van der Waals surface area contributed by atoms with E-state index in [0.717, 1.165) is 31.0 Å². The third-order valence-corrected chi connectivity index (χ3v) is 3.40. The summed E-state index contributed by atoms with van der Waals surface area (Å²) in [5, 5.41) is 9.13. The number of benzene rings is 1. The number of halogens is 1. The molecular formula is C18H31IN4O3. The van der Waals surface area contributed by atoms with Gasteiger partial charge in [-0.3, -0.25) is 9.79 Å². The number of amides is 1. The van der Waals surface area contributed by atoms with E-state index in [4.69, 9.17) is 9.47 Å². The monoisotopic (exact) mass is 478 g/mol. The minimum atomic E-state index is -0.0711. The topological polar surface area (TPSA) is 84.0 Å². The first-order valence-electron chi connectivity index (χ1n) is 8.61. The molecule has 0 saturated carbocycles. The summed E-state index contributed by atoms with van der Waals surface area (Å²) in [5.41, 5.74) is 1.78. The van der Waals surface area contributed by atoms with Crippen molar-refractivity contribution in [2.24, 2.45) is 4.99 Å². The van der Waals surface area contributed by atoms with Crippen molar-refractivity contribution in [1.29, 1.82) is 0 Å². The summed E-state index contributed by atoms with van der Waals surface area (Å²) in [4.78, 5) is 16.1. The standard InChI is InChI=1S/C18H30N4O3.HI/c1-4-20-18(22-10-11-25-13-12-24-3)21-9-8-15-6-5-7-16(14-15)17(23)19-2;/h5-7,14H,4,8-13H2,1-3H3,(H,19,23)(H2,20,21,22);1H. The molecule has 0 bridgehead atoms. The van der Waals surface area contributed by atoms with Gasteiger partial charge < -0.3 is 25.4 Å². The Labute approximate surface area is 173 Å². The molecule has 0 fully saturated rings. The van der Waals surface area contributed by atoms with Crippen molar-refractivity contribution in [3.05, 3.63) is 35.4 Å². The van der Waals surface area contributed by atoms with Crippen LogP contribution in [0.5, 0.6) is 0 Å². The van der Waals surface area contributed by atoms with Crippen LogP contribution in [0.4, 0.5) is 0 Å². The molecule has 0 heterocycles. The van der Waals surface area contributed by atoms with Crippen molar-refractivity contribution in [2.45, 2.75) is 13.3 Å². The maximum absolute atomic E-state index is 11.7. The first-order valence-corrected chi connectivity index (χ1v) is 8.61. The highest BCUT2D eigenvalue weighted by Crippen LogP contribution is 2.05. The molecule has 0 spiro atoms. The van der Waals surface area contributed by atoms with Gasteiger partial charge in [-0.15, -0.1) is 24.0 Å². The molecule has 0 aliphatic rings. The van der Waals surface area contributed by atoms with Gasteiger partial charge in [-0.05, 0) is 31.0 Å². The van der Waals surface area contributed by atoms with E-state index in [2.05, 4.69) is 20.9 Å². The lowest BCUT2D eigenvalue weighted by Gasteiger charge is -2.12. The van der Waals surface area contributed by atoms with Crippen molar-refractivity contribution < 1.29 is 14.3 Å². The summed E-state index contributed by atoms with van der Waals surface area (Å²) in [5.74, 6) is 0.693. The Balaban J connectivity index is 0.00000625. The van der Waals surface area contributed by atoms with E-state index in [1.165, 1.54) is 0 Å². The molecule has 1 amide bonds. The van der Waals surface area contributed by atoms with Crippen molar-refractivity contribution in [1.82, 2.24) is 16.0 Å². The molecule has 148 valence electrons. The largest absolute Gasteiger partial charge is 0.382 e. The van der Waals surface area contributed by atoms with Gasteiger partial charge in [-0.25, -0.2) is 0 Å². The number of carbonyl (C=O) groups excluding carboxylic acids is 1. The highest BCUT2D eigenvalue weighted by Gasteiger charge is 2.04. The molecular weight excluding hydrogens is 447 g/mol. The number of carbonyl (C=O) groups is 1. The Morgan fingerprint density at radius 1 is 1.19 bits per heavy atom. The Kier molecular flexibility index (Phi) is 15.0. The zero-order valence-corrected chi connectivity index (χ0v) is 18.2. The molecule has 0 aromatic heterocycles. The molecule has 8 heteroatoms. The first-order chi connectivity index (χ1) is 12.2. The number of guanidine groups is 1. The number of rotatable bonds is 11. The lowest BCUT2D eigenvalue weighted by molar-refractivity contribution is 0.0748. The fourth-order valence-electron chi connectivity index (χ4n) is 2.15. The van der Waals surface area contributed by atoms with E-state index in [1.807, 2.05) is 31.2 Å². The summed E-state index contributed by atoms with van der Waals surface area (Å²) in [7, 11) is 3.29. The van der Waals surface area contributed by atoms with Crippen LogP contribution in [0.25, 0.3) is 0 Å². The van der Waals surface area contributed by atoms with Crippen LogP contribution >= 0.6 is 24.0 Å². The number of methoxy groups -OCH3 is 1. The lowest BCUT2D eigenvalue weighted by atomic mass is 10.1. The molecule has 1 aromatic carbocycles. The minimum absolute atomic E-state index is 0. The quantitative estimate of drug-likeness (QED) is 0.194. The van der Waals surface area contributed by atoms with E-state index in [9.17, 15) is 4.79 Å². The maximum Gasteiger partial charge on any atom is 0.251 e. The van der Waals surface area contributed by atoms with E-state index >= 15 is 0 Å². The SMILES string of the molecule is CCNC(=NCCOCCOC)NCCc1cccc(C(=O)NC)c1.I. The van der Waals surface area contributed by atoms with Gasteiger partial charge in [0.1, 0.15) is 0 Å². The summed E-state index contributed by atoms with van der Waals surface area (Å²) < 4.78 is 10.3. The van der Waals surface area contributed by atoms with Crippen LogP contribution < -0.4 is 16.0 Å². The number of hydrogen-bond donors (Lipinski definition) is 3. The summed E-state index contributed by atoms with van der Waals surface area (Å²) in [6.45, 7) is 5.88. The highest BCUT2D eigenvalue weighted by molar-refractivity contribution is 14.0. The van der Waals surface area contributed by atoms with E-state index < -0.39 is 0 Å². The zero-order valence-electron chi connectivity index (χ0n) is 15.8. The molecule has 7 nitrogen and oxygen atoms in total. The summed E-state index contributed by atoms with van der Waals surface area (Å²) in [6, 6.07) is 7.64. The second kappa shape index (κ2) is 15.8. The van der Waals surface area contributed by atoms with Crippen molar-refractivity contribution in [3.8, 4) is 0 Å². The fraction of sp³-hybridized carbons (Fsp3) is 0.556. The van der Waals surface area contributed by atoms with Gasteiger partial charge in [0.25, 0.3) is 5.91 Å². The molecule has 0 aliphatic heterocycles. The van der Waals surface area contributed by atoms with E-state index in [0.29, 0.717) is 31.9 Å². The summed E-state index contributed by atoms with van der Waals surface area (Å²) >= 11 is 0. The molecule has 1 rings (SSSR count). The van der Waals surface area contributed by atoms with Crippen LogP contribution in [-0.2, 0) is 15.9 Å². The molecule has 26 heavy (non-hydrogen) atoms. The van der Waals surface area contributed by atoms with Crippen LogP contribution in [0.15, 0.2) is 29.3 Å². The number of aliphatic imine (C=N–C) groups is 1. The van der Waals surface area contributed by atoms with Gasteiger partial charge in [0.2, 0.25) is 0 Å². The molecule has 0 atom stereocenters. The third-order valence-electron chi connectivity index (χ3n) is 3.40. The number of ether oxygens (including phenoxy) is 2. The fourth-order valence-corrected chi connectivity index (χ4v) is 2.15. The van der Waals surface area contributed by atoms with Gasteiger partial charge in [0.15, 0.2) is 5.96 Å². The minimum Gasteiger partial charge on any atom is -0.382 e. The first kappa shape index (κ1) is 24.6. The van der Waals surface area contributed by atoms with Crippen LogP contribution in [0, 0.1) is 0 Å². The molecule has 3 N–H and O–H groups in total.